The molecule has 0 radical (unpaired) electrons. The molecular weight excluding hydrogens is 416 g/mol. The van der Waals surface area contributed by atoms with Crippen molar-refractivity contribution in [2.75, 3.05) is 26.8 Å². The lowest BCUT2D eigenvalue weighted by atomic mass is 9.96. The average molecular weight is 447 g/mol. The highest BCUT2D eigenvalue weighted by molar-refractivity contribution is 7.89. The van der Waals surface area contributed by atoms with Gasteiger partial charge in [-0.25, -0.2) is 8.42 Å². The Bertz CT molecular complexity index is 983. The molecule has 0 bridgehead atoms. The van der Waals surface area contributed by atoms with E-state index >= 15 is 0 Å². The van der Waals surface area contributed by atoms with Crippen molar-refractivity contribution in [1.82, 2.24) is 9.62 Å². The predicted octanol–water partition coefficient (Wildman–Crippen LogP) is 3.37. The summed E-state index contributed by atoms with van der Waals surface area (Å²) in [5.74, 6) is 1.09. The van der Waals surface area contributed by atoms with Gasteiger partial charge in [-0.15, -0.1) is 0 Å². The van der Waals surface area contributed by atoms with Crippen molar-refractivity contribution in [2.45, 2.75) is 37.6 Å². The van der Waals surface area contributed by atoms with E-state index in [-0.39, 0.29) is 22.8 Å². The van der Waals surface area contributed by atoms with Crippen molar-refractivity contribution < 1.29 is 22.7 Å². The molecule has 168 valence electrons. The van der Waals surface area contributed by atoms with Crippen LogP contribution in [0.25, 0.3) is 0 Å². The summed E-state index contributed by atoms with van der Waals surface area (Å²) in [6.45, 7) is 4.95. The Morgan fingerprint density at radius 3 is 2.39 bits per heavy atom. The summed E-state index contributed by atoms with van der Waals surface area (Å²) in [5, 5.41) is 3.04. The molecule has 1 heterocycles. The summed E-state index contributed by atoms with van der Waals surface area (Å²) in [6.07, 6.45) is 0.974. The van der Waals surface area contributed by atoms with Crippen molar-refractivity contribution >= 4 is 15.9 Å². The molecule has 7 nitrogen and oxygen atoms in total. The Kier molecular flexibility index (Phi) is 7.56. The lowest BCUT2D eigenvalue weighted by Gasteiger charge is -2.31. The number of nitrogens with one attached hydrogen (secondary N) is 1. The van der Waals surface area contributed by atoms with E-state index in [1.54, 1.807) is 31.4 Å². The second-order valence-corrected chi connectivity index (χ2v) is 9.49. The first-order valence-corrected chi connectivity index (χ1v) is 12.0. The largest absolute Gasteiger partial charge is 0.496 e. The van der Waals surface area contributed by atoms with Crippen molar-refractivity contribution in [3.63, 3.8) is 0 Å². The Morgan fingerprint density at radius 2 is 1.77 bits per heavy atom. The fourth-order valence-corrected chi connectivity index (χ4v) is 5.28. The van der Waals surface area contributed by atoms with Gasteiger partial charge in [0.05, 0.1) is 24.7 Å². The lowest BCUT2D eigenvalue weighted by Crippen LogP contribution is -2.43. The van der Waals surface area contributed by atoms with E-state index in [4.69, 9.17) is 9.47 Å². The first-order valence-electron chi connectivity index (χ1n) is 10.5. The first-order chi connectivity index (χ1) is 14.9. The Labute approximate surface area is 184 Å². The minimum absolute atomic E-state index is 0.0588. The number of rotatable bonds is 8. The van der Waals surface area contributed by atoms with Gasteiger partial charge in [-0.2, -0.15) is 4.31 Å². The molecule has 3 rings (SSSR count). The van der Waals surface area contributed by atoms with Crippen molar-refractivity contribution in [1.29, 1.82) is 0 Å². The van der Waals surface area contributed by atoms with Crippen LogP contribution in [-0.4, -0.2) is 45.4 Å². The second-order valence-electron chi connectivity index (χ2n) is 7.56. The van der Waals surface area contributed by atoms with Gasteiger partial charge in [-0.1, -0.05) is 18.2 Å². The number of piperidine rings is 1. The van der Waals surface area contributed by atoms with Crippen LogP contribution in [0.5, 0.6) is 11.5 Å². The SMILES string of the molecule is CCOc1ccc(S(=O)(=O)N2CCC(C(=O)N[C@@H](C)c3ccccc3OC)CC2)cc1. The average Bonchev–Trinajstić information content (AvgIpc) is 2.79. The molecule has 0 spiro atoms. The monoisotopic (exact) mass is 446 g/mol. The molecule has 0 aliphatic carbocycles. The maximum atomic E-state index is 12.9. The molecule has 1 saturated heterocycles. The van der Waals surface area contributed by atoms with Crippen molar-refractivity contribution in [3.05, 3.63) is 54.1 Å². The smallest absolute Gasteiger partial charge is 0.243 e. The summed E-state index contributed by atoms with van der Waals surface area (Å²) in [7, 11) is -1.98. The number of methoxy groups -OCH3 is 1. The number of hydrogen-bond acceptors (Lipinski definition) is 5. The van der Waals surface area contributed by atoms with Gasteiger partial charge < -0.3 is 14.8 Å². The van der Waals surface area contributed by atoms with Crippen LogP contribution in [-0.2, 0) is 14.8 Å². The Morgan fingerprint density at radius 1 is 1.13 bits per heavy atom. The highest BCUT2D eigenvalue weighted by Crippen LogP contribution is 2.28. The number of ether oxygens (including phenoxy) is 2. The highest BCUT2D eigenvalue weighted by Gasteiger charge is 2.32. The third-order valence-electron chi connectivity index (χ3n) is 5.56. The molecular formula is C23H30N2O5S. The number of benzene rings is 2. The number of sulfonamides is 1. The molecule has 1 N–H and O–H groups in total. The minimum atomic E-state index is -3.59. The van der Waals surface area contributed by atoms with Crippen LogP contribution in [0.15, 0.2) is 53.4 Å². The van der Waals surface area contributed by atoms with Gasteiger partial charge in [0.1, 0.15) is 11.5 Å². The number of carbonyl (C=O) groups is 1. The highest BCUT2D eigenvalue weighted by atomic mass is 32.2. The van der Waals surface area contributed by atoms with Gasteiger partial charge >= 0.3 is 0 Å². The summed E-state index contributed by atoms with van der Waals surface area (Å²) in [5.41, 5.74) is 0.911. The fraction of sp³-hybridized carbons (Fsp3) is 0.435. The standard InChI is InChI=1S/C23H30N2O5S/c1-4-30-19-9-11-20(12-10-19)31(27,28)25-15-13-18(14-16-25)23(26)24-17(2)21-7-5-6-8-22(21)29-3/h5-12,17-18H,4,13-16H2,1-3H3,(H,24,26)/t17-/m0/s1. The third-order valence-corrected chi connectivity index (χ3v) is 7.47. The molecule has 1 atom stereocenters. The van der Waals surface area contributed by atoms with Gasteiger partial charge in [0.25, 0.3) is 0 Å². The molecule has 1 aliphatic heterocycles. The zero-order valence-corrected chi connectivity index (χ0v) is 19.0. The Hall–Kier alpha value is -2.58. The van der Waals surface area contributed by atoms with E-state index in [0.29, 0.717) is 38.3 Å². The number of nitrogens with zero attached hydrogens (tertiary/aromatic N) is 1. The number of carbonyl (C=O) groups excluding carboxylic acids is 1. The van der Waals surface area contributed by atoms with Crippen LogP contribution in [0.2, 0.25) is 0 Å². The summed E-state index contributed by atoms with van der Waals surface area (Å²) < 4.78 is 38.1. The van der Waals surface area contributed by atoms with Crippen molar-refractivity contribution in [2.24, 2.45) is 5.92 Å². The lowest BCUT2D eigenvalue weighted by molar-refractivity contribution is -0.126. The zero-order valence-electron chi connectivity index (χ0n) is 18.2. The van der Waals surface area contributed by atoms with Gasteiger partial charge in [0.2, 0.25) is 15.9 Å². The van der Waals surface area contributed by atoms with Gasteiger partial charge in [-0.3, -0.25) is 4.79 Å². The summed E-state index contributed by atoms with van der Waals surface area (Å²) in [6, 6.07) is 13.8. The van der Waals surface area contributed by atoms with E-state index in [1.807, 2.05) is 38.1 Å². The van der Waals surface area contributed by atoms with E-state index in [1.165, 1.54) is 4.31 Å². The van der Waals surface area contributed by atoms with E-state index in [0.717, 1.165) is 11.3 Å². The van der Waals surface area contributed by atoms with Crippen LogP contribution in [0.1, 0.15) is 38.3 Å². The number of hydrogen-bond donors (Lipinski definition) is 1. The predicted molar refractivity (Wildman–Crippen MR) is 119 cm³/mol. The minimum Gasteiger partial charge on any atom is -0.496 e. The quantitative estimate of drug-likeness (QED) is 0.672. The normalized spacial score (nSPS) is 16.5. The van der Waals surface area contributed by atoms with E-state index in [2.05, 4.69) is 5.32 Å². The topological polar surface area (TPSA) is 84.9 Å². The molecule has 31 heavy (non-hydrogen) atoms. The zero-order chi connectivity index (χ0) is 22.4. The molecule has 1 amide bonds. The molecule has 0 saturated carbocycles. The van der Waals surface area contributed by atoms with Gasteiger partial charge in [-0.05, 0) is 57.0 Å². The Balaban J connectivity index is 1.58. The number of para-hydroxylation sites is 1. The van der Waals surface area contributed by atoms with Crippen LogP contribution in [0.4, 0.5) is 0 Å². The molecule has 0 aromatic heterocycles. The molecule has 2 aromatic rings. The second kappa shape index (κ2) is 10.2. The van der Waals surface area contributed by atoms with Crippen LogP contribution in [0, 0.1) is 5.92 Å². The van der Waals surface area contributed by atoms with Crippen LogP contribution >= 0.6 is 0 Å². The maximum absolute atomic E-state index is 12.9. The molecule has 8 heteroatoms. The summed E-state index contributed by atoms with van der Waals surface area (Å²) in [4.78, 5) is 13.0. The number of amides is 1. The summed E-state index contributed by atoms with van der Waals surface area (Å²) >= 11 is 0. The van der Waals surface area contributed by atoms with Crippen LogP contribution < -0.4 is 14.8 Å². The van der Waals surface area contributed by atoms with Crippen LogP contribution in [0.3, 0.4) is 0 Å². The third kappa shape index (κ3) is 5.37. The maximum Gasteiger partial charge on any atom is 0.243 e. The molecule has 2 aromatic carbocycles. The fourth-order valence-electron chi connectivity index (χ4n) is 3.82. The van der Waals surface area contributed by atoms with Gasteiger partial charge in [0.15, 0.2) is 0 Å². The first kappa shape index (κ1) is 23.1. The molecule has 1 aliphatic rings. The molecule has 0 unspecified atom stereocenters. The molecule has 1 fully saturated rings. The van der Waals surface area contributed by atoms with E-state index < -0.39 is 10.0 Å². The van der Waals surface area contributed by atoms with Gasteiger partial charge in [0, 0.05) is 24.6 Å². The van der Waals surface area contributed by atoms with Crippen molar-refractivity contribution in [3.8, 4) is 11.5 Å². The van der Waals surface area contributed by atoms with E-state index in [9.17, 15) is 13.2 Å².